The molecule has 1 amide bonds. The van der Waals surface area contributed by atoms with Gasteiger partial charge in [0.05, 0.1) is 11.5 Å². The predicted octanol–water partition coefficient (Wildman–Crippen LogP) is 1.21. The fourth-order valence-electron chi connectivity index (χ4n) is 3.08. The Morgan fingerprint density at radius 3 is 2.64 bits per heavy atom. The zero-order valence-corrected chi connectivity index (χ0v) is 15.2. The number of sulfonamides is 1. The molecule has 1 atom stereocenters. The average molecular weight is 370 g/mol. The SMILES string of the molecule is COCC1(C(=O)O)CCCN1S(=O)(=O)c1ccc(C)c(NC(C)=O)c1. The molecule has 0 saturated carbocycles. The van der Waals surface area contributed by atoms with Gasteiger partial charge in [-0.1, -0.05) is 6.07 Å². The van der Waals surface area contributed by atoms with Crippen molar-refractivity contribution in [1.82, 2.24) is 4.31 Å². The van der Waals surface area contributed by atoms with Gasteiger partial charge in [-0.05, 0) is 37.5 Å². The first-order chi connectivity index (χ1) is 11.6. The smallest absolute Gasteiger partial charge is 0.327 e. The number of carboxylic acid groups (broad SMARTS) is 1. The monoisotopic (exact) mass is 370 g/mol. The quantitative estimate of drug-likeness (QED) is 0.778. The van der Waals surface area contributed by atoms with Gasteiger partial charge < -0.3 is 15.2 Å². The van der Waals surface area contributed by atoms with Gasteiger partial charge in [-0.15, -0.1) is 0 Å². The molecule has 1 saturated heterocycles. The summed E-state index contributed by atoms with van der Waals surface area (Å²) in [4.78, 5) is 23.1. The van der Waals surface area contributed by atoms with Gasteiger partial charge in [-0.3, -0.25) is 9.59 Å². The van der Waals surface area contributed by atoms with Gasteiger partial charge in [0.25, 0.3) is 0 Å². The molecule has 1 unspecified atom stereocenters. The van der Waals surface area contributed by atoms with E-state index in [0.29, 0.717) is 17.7 Å². The van der Waals surface area contributed by atoms with Crippen LogP contribution in [0.2, 0.25) is 0 Å². The number of ether oxygens (including phenoxy) is 1. The normalized spacial score (nSPS) is 21.2. The molecule has 0 spiro atoms. The van der Waals surface area contributed by atoms with Gasteiger partial charge in [0.1, 0.15) is 0 Å². The number of aryl methyl sites for hydroxylation is 1. The molecule has 8 nitrogen and oxygen atoms in total. The third kappa shape index (κ3) is 3.53. The first-order valence-corrected chi connectivity index (χ1v) is 9.22. The lowest BCUT2D eigenvalue weighted by molar-refractivity contribution is -0.150. The van der Waals surface area contributed by atoms with Crippen LogP contribution in [-0.4, -0.2) is 55.5 Å². The van der Waals surface area contributed by atoms with Crippen molar-refractivity contribution in [3.63, 3.8) is 0 Å². The molecule has 1 heterocycles. The van der Waals surface area contributed by atoms with Crippen LogP contribution < -0.4 is 5.32 Å². The molecule has 0 bridgehead atoms. The Morgan fingerprint density at radius 2 is 2.08 bits per heavy atom. The van der Waals surface area contributed by atoms with Gasteiger partial charge in [0, 0.05) is 26.3 Å². The highest BCUT2D eigenvalue weighted by molar-refractivity contribution is 7.89. The molecule has 0 aliphatic carbocycles. The van der Waals surface area contributed by atoms with Gasteiger partial charge in [-0.25, -0.2) is 8.42 Å². The van der Waals surface area contributed by atoms with Crippen LogP contribution in [0.4, 0.5) is 5.69 Å². The molecule has 1 aromatic rings. The minimum atomic E-state index is -4.07. The molecule has 1 fully saturated rings. The first kappa shape index (κ1) is 19.4. The van der Waals surface area contributed by atoms with Crippen LogP contribution in [0.5, 0.6) is 0 Å². The van der Waals surface area contributed by atoms with Crippen molar-refractivity contribution in [3.8, 4) is 0 Å². The van der Waals surface area contributed by atoms with E-state index < -0.39 is 21.5 Å². The number of carbonyl (C=O) groups is 2. The Labute approximate surface area is 146 Å². The van der Waals surface area contributed by atoms with Crippen LogP contribution in [0.25, 0.3) is 0 Å². The first-order valence-electron chi connectivity index (χ1n) is 7.78. The molecule has 1 aliphatic rings. The number of benzene rings is 1. The van der Waals surface area contributed by atoms with E-state index in [2.05, 4.69) is 5.32 Å². The largest absolute Gasteiger partial charge is 0.480 e. The van der Waals surface area contributed by atoms with Gasteiger partial charge >= 0.3 is 5.97 Å². The Kier molecular flexibility index (Phi) is 5.50. The van der Waals surface area contributed by atoms with E-state index in [1.165, 1.54) is 26.2 Å². The van der Waals surface area contributed by atoms with E-state index in [-0.39, 0.29) is 30.4 Å². The van der Waals surface area contributed by atoms with Crippen LogP contribution in [0.1, 0.15) is 25.3 Å². The topological polar surface area (TPSA) is 113 Å². The summed E-state index contributed by atoms with van der Waals surface area (Å²) in [5.74, 6) is -1.55. The van der Waals surface area contributed by atoms with Crippen molar-refractivity contribution in [1.29, 1.82) is 0 Å². The molecule has 0 radical (unpaired) electrons. The van der Waals surface area contributed by atoms with Crippen molar-refractivity contribution >= 4 is 27.6 Å². The van der Waals surface area contributed by atoms with Crippen molar-refractivity contribution in [2.75, 3.05) is 25.6 Å². The highest BCUT2D eigenvalue weighted by atomic mass is 32.2. The lowest BCUT2D eigenvalue weighted by atomic mass is 9.99. The maximum atomic E-state index is 13.1. The fraction of sp³-hybridized carbons (Fsp3) is 0.500. The second-order valence-corrected chi connectivity index (χ2v) is 7.97. The molecule has 9 heteroatoms. The van der Waals surface area contributed by atoms with E-state index in [1.54, 1.807) is 13.0 Å². The summed E-state index contributed by atoms with van der Waals surface area (Å²) in [6, 6.07) is 4.34. The number of nitrogens with zero attached hydrogens (tertiary/aromatic N) is 1. The maximum absolute atomic E-state index is 13.1. The summed E-state index contributed by atoms with van der Waals surface area (Å²) >= 11 is 0. The van der Waals surface area contributed by atoms with Crippen LogP contribution in [0.15, 0.2) is 23.1 Å². The summed E-state index contributed by atoms with van der Waals surface area (Å²) in [6.45, 7) is 2.94. The third-order valence-corrected chi connectivity index (χ3v) is 6.28. The number of rotatable bonds is 6. The van der Waals surface area contributed by atoms with Gasteiger partial charge in [0.15, 0.2) is 5.54 Å². The number of anilines is 1. The van der Waals surface area contributed by atoms with Gasteiger partial charge in [0.2, 0.25) is 15.9 Å². The van der Waals surface area contributed by atoms with Crippen LogP contribution in [-0.2, 0) is 24.3 Å². The molecule has 138 valence electrons. The number of aliphatic carboxylic acids is 1. The Morgan fingerprint density at radius 1 is 1.40 bits per heavy atom. The Hall–Kier alpha value is -1.97. The Balaban J connectivity index is 2.50. The molecule has 2 rings (SSSR count). The van der Waals surface area contributed by atoms with E-state index >= 15 is 0 Å². The van der Waals surface area contributed by atoms with Crippen molar-refractivity contribution in [2.45, 2.75) is 37.1 Å². The van der Waals surface area contributed by atoms with Crippen LogP contribution >= 0.6 is 0 Å². The second-order valence-electron chi connectivity index (χ2n) is 6.11. The van der Waals surface area contributed by atoms with Crippen LogP contribution in [0, 0.1) is 6.92 Å². The Bertz CT molecular complexity index is 792. The lowest BCUT2D eigenvalue weighted by Gasteiger charge is -2.33. The number of amides is 1. The lowest BCUT2D eigenvalue weighted by Crippen LogP contribution is -2.55. The zero-order valence-electron chi connectivity index (χ0n) is 14.4. The molecular weight excluding hydrogens is 348 g/mol. The highest BCUT2D eigenvalue weighted by Crippen LogP contribution is 2.36. The molecule has 25 heavy (non-hydrogen) atoms. The second kappa shape index (κ2) is 7.11. The molecule has 1 aliphatic heterocycles. The molecule has 0 aromatic heterocycles. The summed E-state index contributed by atoms with van der Waals surface area (Å²) in [7, 11) is -2.73. The van der Waals surface area contributed by atoms with E-state index in [4.69, 9.17) is 4.74 Å². The van der Waals surface area contributed by atoms with E-state index in [9.17, 15) is 23.1 Å². The summed E-state index contributed by atoms with van der Waals surface area (Å²) in [5, 5.41) is 12.2. The minimum absolute atomic E-state index is 0.0644. The molecule has 2 N–H and O–H groups in total. The predicted molar refractivity (Wildman–Crippen MR) is 90.9 cm³/mol. The number of nitrogens with one attached hydrogen (secondary N) is 1. The molecule has 1 aromatic carbocycles. The third-order valence-electron chi connectivity index (χ3n) is 4.32. The standard InChI is InChI=1S/C16H22N2O6S/c1-11-5-6-13(9-14(11)17-12(2)19)25(22,23)18-8-4-7-16(18,10-24-3)15(20)21/h5-6,9H,4,7-8,10H2,1-3H3,(H,17,19)(H,20,21). The number of hydrogen-bond donors (Lipinski definition) is 2. The maximum Gasteiger partial charge on any atom is 0.327 e. The van der Waals surface area contributed by atoms with E-state index in [1.807, 2.05) is 0 Å². The molecular formula is C16H22N2O6S. The summed E-state index contributed by atoms with van der Waals surface area (Å²) < 4.78 is 32.1. The average Bonchev–Trinajstić information content (AvgIpc) is 2.95. The summed E-state index contributed by atoms with van der Waals surface area (Å²) in [5.41, 5.74) is -0.537. The van der Waals surface area contributed by atoms with Crippen molar-refractivity contribution < 1.29 is 27.9 Å². The van der Waals surface area contributed by atoms with Gasteiger partial charge in [-0.2, -0.15) is 4.31 Å². The highest BCUT2D eigenvalue weighted by Gasteiger charge is 2.53. The zero-order chi connectivity index (χ0) is 18.8. The minimum Gasteiger partial charge on any atom is -0.480 e. The number of hydrogen-bond acceptors (Lipinski definition) is 5. The number of methoxy groups -OCH3 is 1. The number of carbonyl (C=O) groups excluding carboxylic acids is 1. The van der Waals surface area contributed by atoms with E-state index in [0.717, 1.165) is 4.31 Å². The van der Waals surface area contributed by atoms with Crippen LogP contribution in [0.3, 0.4) is 0 Å². The fourth-order valence-corrected chi connectivity index (χ4v) is 4.89. The summed E-state index contributed by atoms with van der Waals surface area (Å²) in [6.07, 6.45) is 0.610. The number of carboxylic acids is 1. The van der Waals surface area contributed by atoms with Crippen molar-refractivity contribution in [3.05, 3.63) is 23.8 Å². The van der Waals surface area contributed by atoms with Crippen molar-refractivity contribution in [2.24, 2.45) is 0 Å².